The fraction of sp³-hybridized carbons (Fsp3) is 0.538. The molecule has 3 N–H and O–H groups in total. The van der Waals surface area contributed by atoms with E-state index >= 15 is 0 Å². The maximum atomic E-state index is 8.91. The first kappa shape index (κ1) is 12.2. The first-order valence-electron chi connectivity index (χ1n) is 6.15. The maximum Gasteiger partial charge on any atom is 0.0558 e. The molecule has 0 aromatic heterocycles. The molecule has 1 aliphatic heterocycles. The zero-order valence-electron chi connectivity index (χ0n) is 10.4. The van der Waals surface area contributed by atoms with Crippen LogP contribution in [-0.2, 0) is 0 Å². The summed E-state index contributed by atoms with van der Waals surface area (Å²) in [6.07, 6.45) is 0. The highest BCUT2D eigenvalue weighted by atomic mass is 16.3. The monoisotopic (exact) mass is 235 g/mol. The predicted molar refractivity (Wildman–Crippen MR) is 71.3 cm³/mol. The molecular weight excluding hydrogens is 214 g/mol. The first-order chi connectivity index (χ1) is 8.20. The summed E-state index contributed by atoms with van der Waals surface area (Å²) in [4.78, 5) is 4.66. The smallest absolute Gasteiger partial charge is 0.0558 e. The van der Waals surface area contributed by atoms with E-state index in [4.69, 9.17) is 10.8 Å². The molecular formula is C13H21N3O. The van der Waals surface area contributed by atoms with Crippen LogP contribution in [-0.4, -0.2) is 49.3 Å². The lowest BCUT2D eigenvalue weighted by Gasteiger charge is -2.36. The predicted octanol–water partition coefficient (Wildman–Crippen LogP) is 0.692. The van der Waals surface area contributed by atoms with Crippen molar-refractivity contribution in [2.45, 2.75) is 6.92 Å². The highest BCUT2D eigenvalue weighted by molar-refractivity contribution is 5.61. The Morgan fingerprint density at radius 2 is 1.94 bits per heavy atom. The SMILES string of the molecule is Cc1ccc(N)cc1N1CCN(CCO)CC1. The van der Waals surface area contributed by atoms with Crippen LogP contribution < -0.4 is 10.6 Å². The molecule has 0 atom stereocenters. The number of nitrogens with zero attached hydrogens (tertiary/aromatic N) is 2. The molecule has 0 spiro atoms. The van der Waals surface area contributed by atoms with E-state index in [1.165, 1.54) is 11.3 Å². The summed E-state index contributed by atoms with van der Waals surface area (Å²) in [5.41, 5.74) is 9.18. The number of hydrogen-bond donors (Lipinski definition) is 2. The van der Waals surface area contributed by atoms with E-state index in [0.29, 0.717) is 0 Å². The molecule has 1 saturated heterocycles. The van der Waals surface area contributed by atoms with E-state index in [1.54, 1.807) is 0 Å². The molecule has 1 heterocycles. The van der Waals surface area contributed by atoms with Crippen molar-refractivity contribution in [3.63, 3.8) is 0 Å². The van der Waals surface area contributed by atoms with Gasteiger partial charge in [0.1, 0.15) is 0 Å². The molecule has 94 valence electrons. The first-order valence-corrected chi connectivity index (χ1v) is 6.15. The number of benzene rings is 1. The number of piperazine rings is 1. The number of rotatable bonds is 3. The Hall–Kier alpha value is -1.26. The molecule has 1 aromatic carbocycles. The quantitative estimate of drug-likeness (QED) is 0.757. The molecule has 4 nitrogen and oxygen atoms in total. The van der Waals surface area contributed by atoms with Gasteiger partial charge >= 0.3 is 0 Å². The van der Waals surface area contributed by atoms with Crippen molar-refractivity contribution in [2.24, 2.45) is 0 Å². The summed E-state index contributed by atoms with van der Waals surface area (Å²) in [7, 11) is 0. The Morgan fingerprint density at radius 1 is 1.24 bits per heavy atom. The maximum absolute atomic E-state index is 8.91. The summed E-state index contributed by atoms with van der Waals surface area (Å²) in [5, 5.41) is 8.91. The van der Waals surface area contributed by atoms with Crippen LogP contribution in [0.25, 0.3) is 0 Å². The van der Waals surface area contributed by atoms with Crippen molar-refractivity contribution >= 4 is 11.4 Å². The molecule has 0 saturated carbocycles. The van der Waals surface area contributed by atoms with Gasteiger partial charge in [-0.2, -0.15) is 0 Å². The van der Waals surface area contributed by atoms with E-state index in [9.17, 15) is 0 Å². The second kappa shape index (κ2) is 5.38. The number of aryl methyl sites for hydroxylation is 1. The highest BCUT2D eigenvalue weighted by Crippen LogP contribution is 2.23. The van der Waals surface area contributed by atoms with Gasteiger partial charge in [0.25, 0.3) is 0 Å². The molecule has 0 amide bonds. The summed E-state index contributed by atoms with van der Waals surface area (Å²) in [5.74, 6) is 0. The molecule has 0 unspecified atom stereocenters. The Balaban J connectivity index is 2.02. The van der Waals surface area contributed by atoms with Crippen LogP contribution in [0.1, 0.15) is 5.56 Å². The van der Waals surface area contributed by atoms with Gasteiger partial charge < -0.3 is 15.7 Å². The van der Waals surface area contributed by atoms with Gasteiger partial charge in [0.2, 0.25) is 0 Å². The zero-order valence-corrected chi connectivity index (χ0v) is 10.4. The van der Waals surface area contributed by atoms with Crippen molar-refractivity contribution < 1.29 is 5.11 Å². The third-order valence-electron chi connectivity index (χ3n) is 3.36. The Labute approximate surface area is 103 Å². The second-order valence-electron chi connectivity index (χ2n) is 4.60. The largest absolute Gasteiger partial charge is 0.399 e. The van der Waals surface area contributed by atoms with E-state index in [2.05, 4.69) is 28.9 Å². The molecule has 1 aromatic rings. The molecule has 0 bridgehead atoms. The van der Waals surface area contributed by atoms with Crippen LogP contribution in [0.3, 0.4) is 0 Å². The molecule has 0 aliphatic carbocycles. The lowest BCUT2D eigenvalue weighted by molar-refractivity contribution is 0.189. The van der Waals surface area contributed by atoms with E-state index in [-0.39, 0.29) is 6.61 Å². The average molecular weight is 235 g/mol. The van der Waals surface area contributed by atoms with Gasteiger partial charge in [-0.3, -0.25) is 4.90 Å². The van der Waals surface area contributed by atoms with Gasteiger partial charge in [0, 0.05) is 44.1 Å². The van der Waals surface area contributed by atoms with E-state index < -0.39 is 0 Å². The highest BCUT2D eigenvalue weighted by Gasteiger charge is 2.17. The fourth-order valence-corrected chi connectivity index (χ4v) is 2.32. The number of aliphatic hydroxyl groups excluding tert-OH is 1. The van der Waals surface area contributed by atoms with Gasteiger partial charge in [-0.25, -0.2) is 0 Å². The third kappa shape index (κ3) is 2.90. The minimum absolute atomic E-state index is 0.247. The van der Waals surface area contributed by atoms with Gasteiger partial charge in [-0.15, -0.1) is 0 Å². The van der Waals surface area contributed by atoms with Crippen LogP contribution in [0.4, 0.5) is 11.4 Å². The van der Waals surface area contributed by atoms with E-state index in [0.717, 1.165) is 38.4 Å². The Kier molecular flexibility index (Phi) is 3.86. The molecule has 0 radical (unpaired) electrons. The lowest BCUT2D eigenvalue weighted by Crippen LogP contribution is -2.47. The van der Waals surface area contributed by atoms with Crippen LogP contribution in [0.5, 0.6) is 0 Å². The standard InChI is InChI=1S/C13H21N3O/c1-11-2-3-12(14)10-13(11)16-6-4-15(5-7-16)8-9-17/h2-3,10,17H,4-9,14H2,1H3. The lowest BCUT2D eigenvalue weighted by atomic mass is 10.1. The molecule has 17 heavy (non-hydrogen) atoms. The molecule has 2 rings (SSSR count). The number of anilines is 2. The topological polar surface area (TPSA) is 52.7 Å². The van der Waals surface area contributed by atoms with Crippen molar-refractivity contribution in [1.82, 2.24) is 4.90 Å². The number of β-amino-alcohol motifs (C(OH)–C–C–N with tert-alkyl or cyclic N) is 1. The Bertz CT molecular complexity index is 373. The average Bonchev–Trinajstić information content (AvgIpc) is 2.34. The summed E-state index contributed by atoms with van der Waals surface area (Å²) >= 11 is 0. The van der Waals surface area contributed by atoms with Gasteiger partial charge in [-0.05, 0) is 24.6 Å². The Morgan fingerprint density at radius 3 is 2.59 bits per heavy atom. The summed E-state index contributed by atoms with van der Waals surface area (Å²) in [6, 6.07) is 6.07. The van der Waals surface area contributed by atoms with Crippen LogP contribution in [0.2, 0.25) is 0 Å². The van der Waals surface area contributed by atoms with Gasteiger partial charge in [0.15, 0.2) is 0 Å². The van der Waals surface area contributed by atoms with Crippen molar-refractivity contribution in [2.75, 3.05) is 50.0 Å². The minimum Gasteiger partial charge on any atom is -0.399 e. The van der Waals surface area contributed by atoms with Crippen molar-refractivity contribution in [3.05, 3.63) is 23.8 Å². The van der Waals surface area contributed by atoms with Gasteiger partial charge in [0.05, 0.1) is 6.61 Å². The third-order valence-corrected chi connectivity index (χ3v) is 3.36. The van der Waals surface area contributed by atoms with Crippen molar-refractivity contribution in [1.29, 1.82) is 0 Å². The molecule has 1 aliphatic rings. The zero-order chi connectivity index (χ0) is 12.3. The number of aliphatic hydroxyl groups is 1. The second-order valence-corrected chi connectivity index (χ2v) is 4.60. The molecule has 1 fully saturated rings. The normalized spacial score (nSPS) is 17.4. The van der Waals surface area contributed by atoms with E-state index in [1.807, 2.05) is 6.07 Å². The van der Waals surface area contributed by atoms with Crippen LogP contribution in [0.15, 0.2) is 18.2 Å². The van der Waals surface area contributed by atoms with Crippen molar-refractivity contribution in [3.8, 4) is 0 Å². The number of hydrogen-bond acceptors (Lipinski definition) is 4. The minimum atomic E-state index is 0.247. The van der Waals surface area contributed by atoms with Crippen LogP contribution in [0, 0.1) is 6.92 Å². The summed E-state index contributed by atoms with van der Waals surface area (Å²) < 4.78 is 0. The number of nitrogen functional groups attached to an aromatic ring is 1. The molecule has 4 heteroatoms. The number of nitrogens with two attached hydrogens (primary N) is 1. The van der Waals surface area contributed by atoms with Gasteiger partial charge in [-0.1, -0.05) is 6.07 Å². The fourth-order valence-electron chi connectivity index (χ4n) is 2.32. The summed E-state index contributed by atoms with van der Waals surface area (Å²) in [6.45, 7) is 7.17. The van der Waals surface area contributed by atoms with Crippen LogP contribution >= 0.6 is 0 Å².